The minimum Gasteiger partial charge on any atom is -0.319 e. The van der Waals surface area contributed by atoms with Crippen molar-refractivity contribution in [1.29, 1.82) is 0 Å². The van der Waals surface area contributed by atoms with Gasteiger partial charge in [0.2, 0.25) is 0 Å². The normalized spacial score (nSPS) is 24.7. The molecule has 0 amide bonds. The number of likely N-dealkylation sites (tertiary alicyclic amines) is 1. The molecule has 1 aromatic carbocycles. The van der Waals surface area contributed by atoms with Crippen molar-refractivity contribution in [2.75, 3.05) is 26.7 Å². The highest BCUT2D eigenvalue weighted by molar-refractivity contribution is 6.35. The van der Waals surface area contributed by atoms with Gasteiger partial charge < -0.3 is 5.32 Å². The van der Waals surface area contributed by atoms with Crippen LogP contribution >= 0.6 is 23.2 Å². The second-order valence-corrected chi connectivity index (χ2v) is 6.32. The van der Waals surface area contributed by atoms with E-state index in [4.69, 9.17) is 23.2 Å². The van der Waals surface area contributed by atoms with E-state index in [2.05, 4.69) is 17.1 Å². The van der Waals surface area contributed by atoms with E-state index in [1.165, 1.54) is 6.42 Å². The van der Waals surface area contributed by atoms with Gasteiger partial charge in [-0.05, 0) is 37.6 Å². The number of nitrogens with zero attached hydrogens (tertiary/aromatic N) is 1. The Balaban J connectivity index is 2.04. The van der Waals surface area contributed by atoms with Crippen LogP contribution in [0.3, 0.4) is 0 Å². The molecule has 0 aliphatic carbocycles. The fourth-order valence-electron chi connectivity index (χ4n) is 2.74. The molecule has 1 heterocycles. The van der Waals surface area contributed by atoms with Gasteiger partial charge in [-0.15, -0.1) is 0 Å². The minimum absolute atomic E-state index is 0.364. The van der Waals surface area contributed by atoms with E-state index in [-0.39, 0.29) is 0 Å². The molecule has 4 heteroatoms. The summed E-state index contributed by atoms with van der Waals surface area (Å²) in [5, 5.41) is 4.82. The predicted octanol–water partition coefficient (Wildman–Crippen LogP) is 3.42. The maximum Gasteiger partial charge on any atom is 0.0465 e. The Morgan fingerprint density at radius 2 is 2.00 bits per heavy atom. The summed E-state index contributed by atoms with van der Waals surface area (Å²) in [6.07, 6.45) is 1.22. The topological polar surface area (TPSA) is 15.3 Å². The zero-order valence-corrected chi connectivity index (χ0v) is 12.5. The van der Waals surface area contributed by atoms with Crippen molar-refractivity contribution < 1.29 is 0 Å². The Kier molecular flexibility index (Phi) is 4.54. The SMILES string of the molecule is CNCC1(C)CCN(Cc2c(Cl)cccc2Cl)C1. The summed E-state index contributed by atoms with van der Waals surface area (Å²) in [4.78, 5) is 2.43. The average molecular weight is 287 g/mol. The Labute approximate surface area is 119 Å². The third-order valence-corrected chi connectivity index (χ3v) is 4.39. The largest absolute Gasteiger partial charge is 0.319 e. The van der Waals surface area contributed by atoms with Crippen LogP contribution in [0.25, 0.3) is 0 Å². The molecule has 1 fully saturated rings. The van der Waals surface area contributed by atoms with Crippen molar-refractivity contribution >= 4 is 23.2 Å². The fourth-order valence-corrected chi connectivity index (χ4v) is 3.26. The van der Waals surface area contributed by atoms with Crippen molar-refractivity contribution in [2.24, 2.45) is 5.41 Å². The first-order valence-electron chi connectivity index (χ1n) is 6.34. The zero-order valence-electron chi connectivity index (χ0n) is 11.0. The number of hydrogen-bond acceptors (Lipinski definition) is 2. The highest BCUT2D eigenvalue weighted by Crippen LogP contribution is 2.32. The Morgan fingerprint density at radius 3 is 2.61 bits per heavy atom. The van der Waals surface area contributed by atoms with E-state index in [0.717, 1.165) is 41.8 Å². The molecule has 1 unspecified atom stereocenters. The van der Waals surface area contributed by atoms with E-state index >= 15 is 0 Å². The van der Waals surface area contributed by atoms with Crippen LogP contribution in [0.5, 0.6) is 0 Å². The summed E-state index contributed by atoms with van der Waals surface area (Å²) in [7, 11) is 2.01. The van der Waals surface area contributed by atoms with Gasteiger partial charge in [0.05, 0.1) is 0 Å². The fraction of sp³-hybridized carbons (Fsp3) is 0.571. The molecule has 0 saturated carbocycles. The van der Waals surface area contributed by atoms with Crippen molar-refractivity contribution in [3.8, 4) is 0 Å². The number of nitrogens with one attached hydrogen (secondary N) is 1. The van der Waals surface area contributed by atoms with Crippen LogP contribution in [-0.2, 0) is 6.54 Å². The van der Waals surface area contributed by atoms with Crippen LogP contribution in [0.4, 0.5) is 0 Å². The van der Waals surface area contributed by atoms with Gasteiger partial charge in [-0.1, -0.05) is 36.2 Å². The average Bonchev–Trinajstić information content (AvgIpc) is 2.66. The van der Waals surface area contributed by atoms with E-state index in [0.29, 0.717) is 5.41 Å². The van der Waals surface area contributed by atoms with Crippen molar-refractivity contribution in [3.63, 3.8) is 0 Å². The summed E-state index contributed by atoms with van der Waals surface area (Å²) >= 11 is 12.4. The molecular formula is C14H20Cl2N2. The molecule has 0 radical (unpaired) electrons. The van der Waals surface area contributed by atoms with Crippen LogP contribution in [0.15, 0.2) is 18.2 Å². The van der Waals surface area contributed by atoms with Gasteiger partial charge in [-0.2, -0.15) is 0 Å². The van der Waals surface area contributed by atoms with E-state index in [1.54, 1.807) is 0 Å². The van der Waals surface area contributed by atoms with Gasteiger partial charge in [-0.3, -0.25) is 4.90 Å². The highest BCUT2D eigenvalue weighted by atomic mass is 35.5. The van der Waals surface area contributed by atoms with Crippen LogP contribution in [0, 0.1) is 5.41 Å². The first kappa shape index (κ1) is 14.1. The molecule has 2 nitrogen and oxygen atoms in total. The van der Waals surface area contributed by atoms with E-state index in [9.17, 15) is 0 Å². The number of halogens is 2. The second kappa shape index (κ2) is 5.79. The molecule has 1 aliphatic heterocycles. The summed E-state index contributed by atoms with van der Waals surface area (Å²) in [6, 6.07) is 5.71. The van der Waals surface area contributed by atoms with Gasteiger partial charge in [0.15, 0.2) is 0 Å². The Morgan fingerprint density at radius 1 is 1.33 bits per heavy atom. The lowest BCUT2D eigenvalue weighted by atomic mass is 9.90. The molecule has 1 aliphatic rings. The number of rotatable bonds is 4. The Bertz CT molecular complexity index is 402. The second-order valence-electron chi connectivity index (χ2n) is 5.50. The lowest BCUT2D eigenvalue weighted by Gasteiger charge is -2.24. The predicted molar refractivity (Wildman–Crippen MR) is 78.4 cm³/mol. The molecule has 1 atom stereocenters. The first-order valence-corrected chi connectivity index (χ1v) is 7.09. The van der Waals surface area contributed by atoms with Gasteiger partial charge >= 0.3 is 0 Å². The summed E-state index contributed by atoms with van der Waals surface area (Å²) in [5.74, 6) is 0. The van der Waals surface area contributed by atoms with Crippen LogP contribution in [0.2, 0.25) is 10.0 Å². The minimum atomic E-state index is 0.364. The molecular weight excluding hydrogens is 267 g/mol. The van der Waals surface area contributed by atoms with Crippen molar-refractivity contribution in [2.45, 2.75) is 19.9 Å². The maximum atomic E-state index is 6.22. The third-order valence-electron chi connectivity index (χ3n) is 3.68. The van der Waals surface area contributed by atoms with Crippen LogP contribution < -0.4 is 5.32 Å². The van der Waals surface area contributed by atoms with Crippen LogP contribution in [-0.4, -0.2) is 31.6 Å². The molecule has 0 aromatic heterocycles. The lowest BCUT2D eigenvalue weighted by Crippen LogP contribution is -2.33. The summed E-state index contributed by atoms with van der Waals surface area (Å²) in [5.41, 5.74) is 1.41. The van der Waals surface area contributed by atoms with Gasteiger partial charge in [-0.25, -0.2) is 0 Å². The first-order chi connectivity index (χ1) is 8.54. The summed E-state index contributed by atoms with van der Waals surface area (Å²) in [6.45, 7) is 6.43. The number of benzene rings is 1. The molecule has 0 spiro atoms. The zero-order chi connectivity index (χ0) is 13.2. The van der Waals surface area contributed by atoms with Gasteiger partial charge in [0, 0.05) is 35.2 Å². The van der Waals surface area contributed by atoms with Crippen molar-refractivity contribution in [1.82, 2.24) is 10.2 Å². The monoisotopic (exact) mass is 286 g/mol. The van der Waals surface area contributed by atoms with Crippen molar-refractivity contribution in [3.05, 3.63) is 33.8 Å². The molecule has 100 valence electrons. The Hall–Kier alpha value is -0.280. The third kappa shape index (κ3) is 3.18. The van der Waals surface area contributed by atoms with Gasteiger partial charge in [0.25, 0.3) is 0 Å². The van der Waals surface area contributed by atoms with Gasteiger partial charge in [0.1, 0.15) is 0 Å². The molecule has 18 heavy (non-hydrogen) atoms. The summed E-state index contributed by atoms with van der Waals surface area (Å²) < 4.78 is 0. The molecule has 2 rings (SSSR count). The van der Waals surface area contributed by atoms with E-state index < -0.39 is 0 Å². The highest BCUT2D eigenvalue weighted by Gasteiger charge is 2.33. The van der Waals surface area contributed by atoms with E-state index in [1.807, 2.05) is 25.2 Å². The molecule has 1 aromatic rings. The van der Waals surface area contributed by atoms with Crippen LogP contribution in [0.1, 0.15) is 18.9 Å². The maximum absolute atomic E-state index is 6.22. The standard InChI is InChI=1S/C14H20Cl2N2/c1-14(9-17-2)6-7-18(10-14)8-11-12(15)4-3-5-13(11)16/h3-5,17H,6-10H2,1-2H3. The number of hydrogen-bond donors (Lipinski definition) is 1. The lowest BCUT2D eigenvalue weighted by molar-refractivity contribution is 0.265. The molecule has 1 saturated heterocycles. The smallest absolute Gasteiger partial charge is 0.0465 e. The molecule has 0 bridgehead atoms. The molecule has 1 N–H and O–H groups in total. The quantitative estimate of drug-likeness (QED) is 0.912.